The Kier molecular flexibility index (Phi) is 5.65. The molecule has 1 fully saturated rings. The molecule has 1 atom stereocenters. The van der Waals surface area contributed by atoms with Crippen LogP contribution >= 0.6 is 11.8 Å². The van der Waals surface area contributed by atoms with Crippen LogP contribution in [0.4, 0.5) is 0 Å². The van der Waals surface area contributed by atoms with Crippen molar-refractivity contribution in [2.45, 2.75) is 23.8 Å². The van der Waals surface area contributed by atoms with Gasteiger partial charge >= 0.3 is 0 Å². The number of carbonyl (C=O) groups excluding carboxylic acids is 1. The van der Waals surface area contributed by atoms with Gasteiger partial charge in [0.05, 0.1) is 0 Å². The fourth-order valence-corrected chi connectivity index (χ4v) is 3.36. The largest absolute Gasteiger partial charge is 0.352 e. The number of thioether (sulfide) groups is 1. The Morgan fingerprint density at radius 3 is 2.91 bits per heavy atom. The average molecular weight is 331 g/mol. The molecule has 1 aliphatic heterocycles. The number of H-pyrrole nitrogens is 1. The quantitative estimate of drug-likeness (QED) is 0.674. The number of amides is 1. The van der Waals surface area contributed by atoms with Crippen LogP contribution in [0, 0.1) is 5.92 Å². The van der Waals surface area contributed by atoms with Crippen molar-refractivity contribution in [2.75, 3.05) is 19.6 Å². The highest BCUT2D eigenvalue weighted by atomic mass is 32.2. The molecular formula is C16H21N5OS. The minimum Gasteiger partial charge on any atom is -0.352 e. The second-order valence-corrected chi connectivity index (χ2v) is 6.64. The normalized spacial score (nSPS) is 17.3. The Morgan fingerprint density at radius 2 is 2.22 bits per heavy atom. The summed E-state index contributed by atoms with van der Waals surface area (Å²) in [5, 5.41) is 13.8. The van der Waals surface area contributed by atoms with Gasteiger partial charge in [0.1, 0.15) is 6.33 Å². The summed E-state index contributed by atoms with van der Waals surface area (Å²) in [5.74, 6) is 1.50. The highest BCUT2D eigenvalue weighted by Crippen LogP contribution is 2.18. The van der Waals surface area contributed by atoms with E-state index in [4.69, 9.17) is 0 Å². The monoisotopic (exact) mass is 331 g/mol. The van der Waals surface area contributed by atoms with Gasteiger partial charge in [0, 0.05) is 17.9 Å². The van der Waals surface area contributed by atoms with E-state index in [-0.39, 0.29) is 5.91 Å². The molecule has 6 nitrogen and oxygen atoms in total. The van der Waals surface area contributed by atoms with E-state index in [2.05, 4.69) is 25.8 Å². The third-order valence-corrected chi connectivity index (χ3v) is 4.93. The van der Waals surface area contributed by atoms with Gasteiger partial charge in [-0.05, 0) is 49.5 Å². The molecule has 2 heterocycles. The maximum atomic E-state index is 12.1. The summed E-state index contributed by atoms with van der Waals surface area (Å²) in [6.07, 6.45) is 3.76. The van der Waals surface area contributed by atoms with E-state index in [1.165, 1.54) is 12.7 Å². The molecule has 1 aromatic heterocycles. The van der Waals surface area contributed by atoms with Crippen molar-refractivity contribution >= 4 is 17.7 Å². The van der Waals surface area contributed by atoms with Crippen LogP contribution in [-0.4, -0.2) is 40.7 Å². The summed E-state index contributed by atoms with van der Waals surface area (Å²) in [6, 6.07) is 7.73. The van der Waals surface area contributed by atoms with Crippen LogP contribution in [0.2, 0.25) is 0 Å². The molecular weight excluding hydrogens is 310 g/mol. The standard InChI is InChI=1S/C16H21N5OS/c22-15(18-8-6-12-5-7-17-9-12)14-3-1-13(2-4-14)10-23-16-19-11-20-21-16/h1-4,11-12,17H,5-10H2,(H,18,22)(H,19,20,21). The predicted molar refractivity (Wildman–Crippen MR) is 90.3 cm³/mol. The molecule has 3 N–H and O–H groups in total. The van der Waals surface area contributed by atoms with Gasteiger partial charge in [-0.3, -0.25) is 9.89 Å². The van der Waals surface area contributed by atoms with Gasteiger partial charge in [-0.1, -0.05) is 23.9 Å². The lowest BCUT2D eigenvalue weighted by atomic mass is 10.1. The number of nitrogens with one attached hydrogen (secondary N) is 3. The minimum atomic E-state index is 0.00499. The molecule has 122 valence electrons. The van der Waals surface area contributed by atoms with E-state index in [9.17, 15) is 4.79 Å². The first kappa shape index (κ1) is 16.0. The summed E-state index contributed by atoms with van der Waals surface area (Å²) in [5.41, 5.74) is 1.86. The summed E-state index contributed by atoms with van der Waals surface area (Å²) >= 11 is 1.59. The van der Waals surface area contributed by atoms with Crippen molar-refractivity contribution in [3.05, 3.63) is 41.7 Å². The van der Waals surface area contributed by atoms with Gasteiger partial charge in [-0.25, -0.2) is 4.98 Å². The summed E-state index contributed by atoms with van der Waals surface area (Å²) in [6.45, 7) is 2.92. The maximum Gasteiger partial charge on any atom is 0.251 e. The Bertz CT molecular complexity index is 608. The topological polar surface area (TPSA) is 82.7 Å². The molecule has 1 amide bonds. The summed E-state index contributed by atoms with van der Waals surface area (Å²) in [7, 11) is 0. The Balaban J connectivity index is 1.43. The molecule has 0 aliphatic carbocycles. The first-order valence-corrected chi connectivity index (χ1v) is 8.86. The van der Waals surface area contributed by atoms with Crippen LogP contribution in [0.3, 0.4) is 0 Å². The molecule has 23 heavy (non-hydrogen) atoms. The van der Waals surface area contributed by atoms with Crippen LogP contribution in [0.15, 0.2) is 35.7 Å². The van der Waals surface area contributed by atoms with Crippen molar-refractivity contribution in [2.24, 2.45) is 5.92 Å². The number of aromatic nitrogens is 3. The molecule has 0 spiro atoms. The van der Waals surface area contributed by atoms with Crippen molar-refractivity contribution in [1.29, 1.82) is 0 Å². The second kappa shape index (κ2) is 8.12. The van der Waals surface area contributed by atoms with E-state index in [1.807, 2.05) is 24.3 Å². The van der Waals surface area contributed by atoms with Gasteiger partial charge in [0.2, 0.25) is 0 Å². The number of hydrogen-bond donors (Lipinski definition) is 3. The van der Waals surface area contributed by atoms with Gasteiger partial charge in [-0.2, -0.15) is 5.10 Å². The SMILES string of the molecule is O=C(NCCC1CCNC1)c1ccc(CSc2ncn[nH]2)cc1. The van der Waals surface area contributed by atoms with E-state index in [0.29, 0.717) is 11.5 Å². The maximum absolute atomic E-state index is 12.1. The third-order valence-electron chi connectivity index (χ3n) is 3.99. The predicted octanol–water partition coefficient (Wildman–Crippen LogP) is 1.83. The Hall–Kier alpha value is -1.86. The lowest BCUT2D eigenvalue weighted by Crippen LogP contribution is -2.26. The molecule has 0 bridgehead atoms. The van der Waals surface area contributed by atoms with Crippen LogP contribution in [-0.2, 0) is 5.75 Å². The fraction of sp³-hybridized carbons (Fsp3) is 0.438. The van der Waals surface area contributed by atoms with Gasteiger partial charge in [0.15, 0.2) is 5.16 Å². The van der Waals surface area contributed by atoms with E-state index in [1.54, 1.807) is 11.8 Å². The van der Waals surface area contributed by atoms with Crippen LogP contribution in [0.5, 0.6) is 0 Å². The lowest BCUT2D eigenvalue weighted by molar-refractivity contribution is 0.0951. The number of rotatable bonds is 7. The van der Waals surface area contributed by atoms with Crippen LogP contribution in [0.1, 0.15) is 28.8 Å². The number of benzene rings is 1. The number of carbonyl (C=O) groups is 1. The smallest absolute Gasteiger partial charge is 0.251 e. The Morgan fingerprint density at radius 1 is 1.35 bits per heavy atom. The number of hydrogen-bond acceptors (Lipinski definition) is 5. The molecule has 1 aliphatic rings. The molecule has 7 heteroatoms. The fourth-order valence-electron chi connectivity index (χ4n) is 2.62. The Labute approximate surface area is 139 Å². The van der Waals surface area contributed by atoms with Gasteiger partial charge in [0.25, 0.3) is 5.91 Å². The zero-order valence-corrected chi connectivity index (χ0v) is 13.7. The molecule has 0 saturated carbocycles. The first-order valence-electron chi connectivity index (χ1n) is 7.87. The summed E-state index contributed by atoms with van der Waals surface area (Å²) < 4.78 is 0. The van der Waals surface area contributed by atoms with Gasteiger partial charge < -0.3 is 10.6 Å². The highest BCUT2D eigenvalue weighted by Gasteiger charge is 2.14. The highest BCUT2D eigenvalue weighted by molar-refractivity contribution is 7.98. The van der Waals surface area contributed by atoms with E-state index in [0.717, 1.165) is 42.5 Å². The number of aromatic amines is 1. The average Bonchev–Trinajstić information content (AvgIpc) is 3.27. The molecule has 1 saturated heterocycles. The van der Waals surface area contributed by atoms with E-state index >= 15 is 0 Å². The lowest BCUT2D eigenvalue weighted by Gasteiger charge is -2.09. The zero-order valence-electron chi connectivity index (χ0n) is 12.9. The zero-order chi connectivity index (χ0) is 15.9. The minimum absolute atomic E-state index is 0.00499. The number of nitrogens with zero attached hydrogens (tertiary/aromatic N) is 2. The second-order valence-electron chi connectivity index (χ2n) is 5.68. The van der Waals surface area contributed by atoms with Crippen molar-refractivity contribution in [1.82, 2.24) is 25.8 Å². The van der Waals surface area contributed by atoms with E-state index < -0.39 is 0 Å². The molecule has 1 aromatic carbocycles. The van der Waals surface area contributed by atoms with Crippen molar-refractivity contribution < 1.29 is 4.79 Å². The summed E-state index contributed by atoms with van der Waals surface area (Å²) in [4.78, 5) is 16.2. The molecule has 3 rings (SSSR count). The van der Waals surface area contributed by atoms with Crippen LogP contribution < -0.4 is 10.6 Å². The molecule has 1 unspecified atom stereocenters. The van der Waals surface area contributed by atoms with Crippen LogP contribution in [0.25, 0.3) is 0 Å². The molecule has 0 radical (unpaired) electrons. The molecule has 2 aromatic rings. The van der Waals surface area contributed by atoms with Crippen molar-refractivity contribution in [3.8, 4) is 0 Å². The van der Waals surface area contributed by atoms with Gasteiger partial charge in [-0.15, -0.1) is 0 Å². The van der Waals surface area contributed by atoms with Crippen molar-refractivity contribution in [3.63, 3.8) is 0 Å². The third kappa shape index (κ3) is 4.80. The first-order chi connectivity index (χ1) is 11.3.